The first-order valence-corrected chi connectivity index (χ1v) is 14.1. The summed E-state index contributed by atoms with van der Waals surface area (Å²) in [7, 11) is 4.92. The molecule has 3 aliphatic carbocycles. The van der Waals surface area contributed by atoms with Crippen molar-refractivity contribution in [3.05, 3.63) is 69.8 Å². The number of hydrogen-bond donors (Lipinski definition) is 0. The summed E-state index contributed by atoms with van der Waals surface area (Å²) >= 11 is 0. The predicted molar refractivity (Wildman–Crippen MR) is 155 cm³/mol. The van der Waals surface area contributed by atoms with Crippen molar-refractivity contribution < 1.29 is 4.48 Å². The van der Waals surface area contributed by atoms with Crippen LogP contribution in [0.25, 0.3) is 86.2 Å². The summed E-state index contributed by atoms with van der Waals surface area (Å²) in [5.74, 6) is 1.30. The highest BCUT2D eigenvalue weighted by atomic mass is 15.3. The van der Waals surface area contributed by atoms with Gasteiger partial charge in [-0.05, 0) is 132 Å². The second kappa shape index (κ2) is 4.46. The quantitative estimate of drug-likeness (QED) is 0.155. The molecule has 0 N–H and O–H groups in total. The molecule has 1 nitrogen and oxygen atoms in total. The first-order chi connectivity index (χ1) is 18.1. The van der Waals surface area contributed by atoms with Gasteiger partial charge in [-0.15, -0.1) is 0 Å². The maximum absolute atomic E-state index is 2.70. The Bertz CT molecular complexity index is 2420. The summed E-state index contributed by atoms with van der Waals surface area (Å²) in [6, 6.07) is 15.4. The molecule has 9 aromatic rings. The van der Waals surface area contributed by atoms with Gasteiger partial charge in [-0.3, -0.25) is 0 Å². The Morgan fingerprint density at radius 3 is 1.30 bits per heavy atom. The third kappa shape index (κ3) is 1.37. The average molecular weight is 469 g/mol. The molecule has 0 aromatic heterocycles. The molecule has 0 radical (unpaired) electrons. The van der Waals surface area contributed by atoms with Crippen LogP contribution in [-0.4, -0.2) is 31.7 Å². The van der Waals surface area contributed by atoms with E-state index >= 15 is 0 Å². The van der Waals surface area contributed by atoms with Crippen molar-refractivity contribution >= 4 is 86.2 Å². The minimum atomic E-state index is 0.648. The third-order valence-corrected chi connectivity index (χ3v) is 11.9. The molecule has 2 unspecified atom stereocenters. The molecular formula is C36H22N+. The van der Waals surface area contributed by atoms with E-state index in [1.165, 1.54) is 23.9 Å². The fourth-order valence-corrected chi connectivity index (χ4v) is 11.0. The zero-order chi connectivity index (χ0) is 23.4. The number of benzene rings is 7. The summed E-state index contributed by atoms with van der Waals surface area (Å²) in [5, 5.41) is 25.6. The lowest BCUT2D eigenvalue weighted by Gasteiger charge is -2.26. The van der Waals surface area contributed by atoms with Gasteiger partial charge in [0.15, 0.2) is 0 Å². The summed E-state index contributed by atoms with van der Waals surface area (Å²) in [5.41, 5.74) is 9.77. The predicted octanol–water partition coefficient (Wildman–Crippen LogP) is 8.18. The van der Waals surface area contributed by atoms with Gasteiger partial charge in [-0.2, -0.15) is 0 Å². The van der Waals surface area contributed by atoms with Crippen LogP contribution < -0.4 is 0 Å². The summed E-state index contributed by atoms with van der Waals surface area (Å²) in [6.45, 7) is 2.53. The summed E-state index contributed by atoms with van der Waals surface area (Å²) < 4.78 is 1.14. The summed E-state index contributed by atoms with van der Waals surface area (Å²) in [4.78, 5) is 0. The van der Waals surface area contributed by atoms with E-state index in [2.05, 4.69) is 50.5 Å². The highest BCUT2D eigenvalue weighted by Gasteiger charge is 2.48. The van der Waals surface area contributed by atoms with Gasteiger partial charge in [0, 0.05) is 11.8 Å². The van der Waals surface area contributed by atoms with Crippen LogP contribution in [0.2, 0.25) is 0 Å². The zero-order valence-electron chi connectivity index (χ0n) is 20.9. The minimum absolute atomic E-state index is 0.648. The number of quaternary nitrogens is 1. The molecule has 4 aliphatic rings. The van der Waals surface area contributed by atoms with Gasteiger partial charge in [0.05, 0.1) is 27.2 Å². The number of hydrogen-bond acceptors (Lipinski definition) is 0. The van der Waals surface area contributed by atoms with Crippen LogP contribution in [0.15, 0.2) is 36.4 Å². The molecule has 1 fully saturated rings. The molecule has 170 valence electrons. The van der Waals surface area contributed by atoms with Gasteiger partial charge in [0.1, 0.15) is 0 Å². The molecule has 9 aromatic carbocycles. The van der Waals surface area contributed by atoms with Crippen LogP contribution in [-0.2, 0) is 12.8 Å². The van der Waals surface area contributed by atoms with Gasteiger partial charge in [-0.1, -0.05) is 36.4 Å². The standard InChI is InChI=1S/C36H22N/c1-37(2)11-21-19-9-17-7-15-5-13-3-4-14-6-16-8-18-10-20(22(21)12-37)30-29(19)33-27(17)25(15)31-23(13)24(14)32-26(16)28(18)34(30)36(33)35(31)32/h3-6,9-10,21-22H,7-8,11-12H2,1-2H3/q+1. The van der Waals surface area contributed by atoms with E-state index in [4.69, 9.17) is 0 Å². The SMILES string of the molecule is C[N+]1(C)CC2c3cc4c5c6c(cc7ccc8cc9c%10c%11c(cc(c%12c3c5c(c%12%11)c3c6c7c8c%103)C2C1)C9)C4. The van der Waals surface area contributed by atoms with Gasteiger partial charge in [-0.25, -0.2) is 0 Å². The van der Waals surface area contributed by atoms with Gasteiger partial charge in [0.2, 0.25) is 0 Å². The van der Waals surface area contributed by atoms with Crippen molar-refractivity contribution in [3.8, 4) is 0 Å². The van der Waals surface area contributed by atoms with E-state index in [-0.39, 0.29) is 0 Å². The summed E-state index contributed by atoms with van der Waals surface area (Å²) in [6.07, 6.45) is 2.22. The second-order valence-electron chi connectivity index (χ2n) is 14.0. The Hall–Kier alpha value is -3.68. The molecule has 1 aliphatic heterocycles. The Kier molecular flexibility index (Phi) is 2.04. The maximum atomic E-state index is 2.70. The van der Waals surface area contributed by atoms with Crippen LogP contribution in [0, 0.1) is 0 Å². The lowest BCUT2D eigenvalue weighted by Crippen LogP contribution is -2.36. The molecule has 0 bridgehead atoms. The van der Waals surface area contributed by atoms with Gasteiger partial charge in [0.25, 0.3) is 0 Å². The van der Waals surface area contributed by atoms with Gasteiger partial charge < -0.3 is 4.48 Å². The second-order valence-corrected chi connectivity index (χ2v) is 14.0. The van der Waals surface area contributed by atoms with Gasteiger partial charge >= 0.3 is 0 Å². The maximum Gasteiger partial charge on any atom is 0.0860 e. The number of nitrogens with zero attached hydrogens (tertiary/aromatic N) is 1. The van der Waals surface area contributed by atoms with Crippen molar-refractivity contribution in [2.75, 3.05) is 27.2 Å². The largest absolute Gasteiger partial charge is 0.327 e. The molecule has 1 saturated heterocycles. The molecule has 1 heterocycles. The smallest absolute Gasteiger partial charge is 0.0860 e. The van der Waals surface area contributed by atoms with Crippen molar-refractivity contribution in [3.63, 3.8) is 0 Å². The molecule has 13 rings (SSSR count). The first kappa shape index (κ1) is 16.9. The fourth-order valence-electron chi connectivity index (χ4n) is 11.0. The Labute approximate surface area is 212 Å². The molecule has 0 saturated carbocycles. The normalized spacial score (nSPS) is 23.2. The monoisotopic (exact) mass is 468 g/mol. The average Bonchev–Trinajstić information content (AvgIpc) is 3.65. The van der Waals surface area contributed by atoms with Crippen molar-refractivity contribution in [2.45, 2.75) is 24.7 Å². The van der Waals surface area contributed by atoms with Crippen LogP contribution >= 0.6 is 0 Å². The molecule has 0 spiro atoms. The fraction of sp³-hybridized carbons (Fsp3) is 0.222. The minimum Gasteiger partial charge on any atom is -0.327 e. The Morgan fingerprint density at radius 2 is 0.838 bits per heavy atom. The van der Waals surface area contributed by atoms with E-state index in [9.17, 15) is 0 Å². The third-order valence-electron chi connectivity index (χ3n) is 11.9. The van der Waals surface area contributed by atoms with E-state index in [1.807, 2.05) is 0 Å². The van der Waals surface area contributed by atoms with E-state index < -0.39 is 0 Å². The molecular weight excluding hydrogens is 446 g/mol. The Morgan fingerprint density at radius 1 is 0.459 bits per heavy atom. The lowest BCUT2D eigenvalue weighted by atomic mass is 9.75. The highest BCUT2D eigenvalue weighted by molar-refractivity contribution is 6.58. The van der Waals surface area contributed by atoms with E-state index in [0.717, 1.165) is 17.3 Å². The van der Waals surface area contributed by atoms with Crippen LogP contribution in [0.1, 0.15) is 45.2 Å². The van der Waals surface area contributed by atoms with Crippen LogP contribution in [0.5, 0.6) is 0 Å². The van der Waals surface area contributed by atoms with Crippen molar-refractivity contribution in [1.82, 2.24) is 0 Å². The topological polar surface area (TPSA) is 0 Å². The van der Waals surface area contributed by atoms with Crippen molar-refractivity contribution in [2.24, 2.45) is 0 Å². The first-order valence-electron chi connectivity index (χ1n) is 14.1. The molecule has 0 amide bonds. The van der Waals surface area contributed by atoms with E-state index in [1.54, 1.807) is 109 Å². The number of likely N-dealkylation sites (N-methyl/N-ethyl adjacent to an activating group) is 1. The molecule has 37 heavy (non-hydrogen) atoms. The zero-order valence-corrected chi connectivity index (χ0v) is 20.9. The number of fused-ring (bicyclic) bond motifs is 3. The Balaban J connectivity index is 1.49. The number of likely N-dealkylation sites (tertiary alicyclic amines) is 1. The molecule has 2 atom stereocenters. The highest BCUT2D eigenvalue weighted by Crippen LogP contribution is 2.65. The molecule has 1 heteroatoms. The van der Waals surface area contributed by atoms with E-state index in [0.29, 0.717) is 11.8 Å². The van der Waals surface area contributed by atoms with Crippen molar-refractivity contribution in [1.29, 1.82) is 0 Å². The van der Waals surface area contributed by atoms with Crippen LogP contribution in [0.3, 0.4) is 0 Å². The number of rotatable bonds is 0. The lowest BCUT2D eigenvalue weighted by molar-refractivity contribution is -0.879. The van der Waals surface area contributed by atoms with Crippen LogP contribution in [0.4, 0.5) is 0 Å².